The summed E-state index contributed by atoms with van der Waals surface area (Å²) in [5.41, 5.74) is 8.47. The number of thioether (sulfide) groups is 1. The second kappa shape index (κ2) is 6.06. The van der Waals surface area contributed by atoms with Gasteiger partial charge in [-0.2, -0.15) is 0 Å². The molecule has 0 bridgehead atoms. The molecule has 0 saturated carbocycles. The first kappa shape index (κ1) is 13.9. The van der Waals surface area contributed by atoms with Crippen LogP contribution >= 0.6 is 11.8 Å². The van der Waals surface area contributed by atoms with Crippen molar-refractivity contribution >= 4 is 17.6 Å². The number of benzene rings is 1. The Morgan fingerprint density at radius 1 is 1.21 bits per heavy atom. The first-order valence-electron chi connectivity index (χ1n) is 6.38. The van der Waals surface area contributed by atoms with Crippen molar-refractivity contribution in [2.45, 2.75) is 37.5 Å². The van der Waals surface area contributed by atoms with Gasteiger partial charge in [-0.3, -0.25) is 0 Å². The fraction of sp³-hybridized carbons (Fsp3) is 0.333. The summed E-state index contributed by atoms with van der Waals surface area (Å²) in [4.78, 5) is 8.81. The average molecular weight is 273 g/mol. The molecule has 1 aromatic carbocycles. The minimum atomic E-state index is 0.293. The third-order valence-corrected chi connectivity index (χ3v) is 3.85. The van der Waals surface area contributed by atoms with Gasteiger partial charge in [-0.15, -0.1) is 11.8 Å². The van der Waals surface area contributed by atoms with Gasteiger partial charge in [0, 0.05) is 17.7 Å². The molecule has 1 aromatic heterocycles. The highest BCUT2D eigenvalue weighted by Gasteiger charge is 2.07. The van der Waals surface area contributed by atoms with Crippen LogP contribution < -0.4 is 5.73 Å². The van der Waals surface area contributed by atoms with Crippen molar-refractivity contribution in [3.63, 3.8) is 0 Å². The molecule has 0 spiro atoms. The first-order valence-corrected chi connectivity index (χ1v) is 7.36. The Morgan fingerprint density at radius 2 is 1.95 bits per heavy atom. The molecule has 0 fully saturated rings. The topological polar surface area (TPSA) is 51.8 Å². The zero-order valence-corrected chi connectivity index (χ0v) is 12.4. The number of aromatic nitrogens is 2. The van der Waals surface area contributed by atoms with Crippen molar-refractivity contribution in [2.24, 2.45) is 0 Å². The Balaban J connectivity index is 2.14. The highest BCUT2D eigenvalue weighted by Crippen LogP contribution is 2.25. The Morgan fingerprint density at radius 3 is 2.63 bits per heavy atom. The minimum Gasteiger partial charge on any atom is -0.384 e. The van der Waals surface area contributed by atoms with E-state index >= 15 is 0 Å². The molecule has 4 heteroatoms. The Bertz CT molecular complexity index is 567. The molecule has 19 heavy (non-hydrogen) atoms. The minimum absolute atomic E-state index is 0.293. The van der Waals surface area contributed by atoms with E-state index in [1.165, 1.54) is 11.1 Å². The van der Waals surface area contributed by atoms with E-state index in [2.05, 4.69) is 55.0 Å². The fourth-order valence-electron chi connectivity index (χ4n) is 1.72. The monoisotopic (exact) mass is 273 g/mol. The molecule has 0 unspecified atom stereocenters. The average Bonchev–Trinajstić information content (AvgIpc) is 2.37. The van der Waals surface area contributed by atoms with Gasteiger partial charge in [-0.25, -0.2) is 9.97 Å². The molecule has 0 amide bonds. The van der Waals surface area contributed by atoms with Crippen LogP contribution in [0.5, 0.6) is 0 Å². The quantitative estimate of drug-likeness (QED) is 0.680. The highest BCUT2D eigenvalue weighted by atomic mass is 32.2. The van der Waals surface area contributed by atoms with Crippen LogP contribution in [0.25, 0.3) is 0 Å². The molecule has 0 atom stereocenters. The van der Waals surface area contributed by atoms with Crippen LogP contribution in [0, 0.1) is 6.92 Å². The van der Waals surface area contributed by atoms with Gasteiger partial charge < -0.3 is 5.73 Å². The van der Waals surface area contributed by atoms with Gasteiger partial charge in [0.1, 0.15) is 16.7 Å². The van der Waals surface area contributed by atoms with Crippen LogP contribution in [-0.2, 0) is 5.75 Å². The molecule has 2 rings (SSSR count). The number of aryl methyl sites for hydroxylation is 1. The van der Waals surface area contributed by atoms with E-state index in [0.29, 0.717) is 11.7 Å². The summed E-state index contributed by atoms with van der Waals surface area (Å²) in [6, 6.07) is 10.2. The summed E-state index contributed by atoms with van der Waals surface area (Å²) in [7, 11) is 0. The normalized spacial score (nSPS) is 10.9. The molecule has 100 valence electrons. The Hall–Kier alpha value is -1.55. The molecule has 1 heterocycles. The van der Waals surface area contributed by atoms with Crippen molar-refractivity contribution in [3.05, 3.63) is 47.3 Å². The molecule has 0 radical (unpaired) electrons. The van der Waals surface area contributed by atoms with Crippen LogP contribution in [0.3, 0.4) is 0 Å². The van der Waals surface area contributed by atoms with Crippen LogP contribution in [-0.4, -0.2) is 9.97 Å². The molecular formula is C15H19N3S. The zero-order valence-electron chi connectivity index (χ0n) is 11.6. The lowest BCUT2D eigenvalue weighted by Crippen LogP contribution is -2.02. The van der Waals surface area contributed by atoms with Crippen molar-refractivity contribution in [2.75, 3.05) is 5.73 Å². The van der Waals surface area contributed by atoms with Gasteiger partial charge >= 0.3 is 0 Å². The molecular weight excluding hydrogens is 254 g/mol. The fourth-order valence-corrected chi connectivity index (χ4v) is 2.71. The van der Waals surface area contributed by atoms with Crippen LogP contribution in [0.4, 0.5) is 5.82 Å². The van der Waals surface area contributed by atoms with Crippen molar-refractivity contribution in [3.8, 4) is 0 Å². The van der Waals surface area contributed by atoms with E-state index in [1.54, 1.807) is 11.8 Å². The van der Waals surface area contributed by atoms with Crippen molar-refractivity contribution in [1.82, 2.24) is 9.97 Å². The molecule has 3 nitrogen and oxygen atoms in total. The third kappa shape index (κ3) is 3.70. The van der Waals surface area contributed by atoms with E-state index in [0.717, 1.165) is 16.6 Å². The molecule has 2 N–H and O–H groups in total. The Labute approximate surface area is 118 Å². The van der Waals surface area contributed by atoms with Crippen molar-refractivity contribution in [1.29, 1.82) is 0 Å². The van der Waals surface area contributed by atoms with Gasteiger partial charge in [-0.05, 0) is 18.1 Å². The molecule has 0 aliphatic carbocycles. The van der Waals surface area contributed by atoms with Crippen LogP contribution in [0.2, 0.25) is 0 Å². The van der Waals surface area contributed by atoms with E-state index in [9.17, 15) is 0 Å². The van der Waals surface area contributed by atoms with Gasteiger partial charge in [-0.1, -0.05) is 38.1 Å². The molecule has 2 aromatic rings. The number of anilines is 1. The van der Waals surface area contributed by atoms with Gasteiger partial charge in [0.15, 0.2) is 0 Å². The van der Waals surface area contributed by atoms with E-state index in [-0.39, 0.29) is 0 Å². The van der Waals surface area contributed by atoms with Crippen molar-refractivity contribution < 1.29 is 0 Å². The first-order chi connectivity index (χ1) is 9.06. The second-order valence-electron chi connectivity index (χ2n) is 4.86. The Kier molecular flexibility index (Phi) is 4.43. The molecule has 0 saturated heterocycles. The zero-order chi connectivity index (χ0) is 13.8. The van der Waals surface area contributed by atoms with Crippen LogP contribution in [0.15, 0.2) is 35.4 Å². The highest BCUT2D eigenvalue weighted by molar-refractivity contribution is 7.98. The lowest BCUT2D eigenvalue weighted by atomic mass is 10.1. The lowest BCUT2D eigenvalue weighted by molar-refractivity contribution is 0.756. The van der Waals surface area contributed by atoms with E-state index in [1.807, 2.05) is 6.07 Å². The third-order valence-electron chi connectivity index (χ3n) is 2.89. The lowest BCUT2D eigenvalue weighted by Gasteiger charge is -2.08. The summed E-state index contributed by atoms with van der Waals surface area (Å²) < 4.78 is 0. The maximum absolute atomic E-state index is 5.83. The number of rotatable bonds is 4. The van der Waals surface area contributed by atoms with Gasteiger partial charge in [0.2, 0.25) is 0 Å². The smallest absolute Gasteiger partial charge is 0.134 e. The summed E-state index contributed by atoms with van der Waals surface area (Å²) in [6.45, 7) is 6.28. The second-order valence-corrected chi connectivity index (χ2v) is 5.85. The van der Waals surface area contributed by atoms with E-state index in [4.69, 9.17) is 5.73 Å². The predicted octanol–water partition coefficient (Wildman–Crippen LogP) is 3.78. The largest absolute Gasteiger partial charge is 0.384 e. The summed E-state index contributed by atoms with van der Waals surface area (Å²) in [5.74, 6) is 2.56. The van der Waals surface area contributed by atoms with Crippen LogP contribution in [0.1, 0.15) is 36.7 Å². The SMILES string of the molecule is Cc1ccccc1CSc1cc(N)nc(C(C)C)n1. The summed E-state index contributed by atoms with van der Waals surface area (Å²) in [6.07, 6.45) is 0. The molecule has 0 aliphatic heterocycles. The number of nitrogens with zero attached hydrogens (tertiary/aromatic N) is 2. The molecule has 0 aliphatic rings. The predicted molar refractivity (Wildman–Crippen MR) is 81.3 cm³/mol. The summed E-state index contributed by atoms with van der Waals surface area (Å²) >= 11 is 1.70. The van der Waals surface area contributed by atoms with E-state index < -0.39 is 0 Å². The number of nitrogen functional groups attached to an aromatic ring is 1. The summed E-state index contributed by atoms with van der Waals surface area (Å²) in [5, 5.41) is 0.944. The number of nitrogens with two attached hydrogens (primary N) is 1. The standard InChI is InChI=1S/C15H19N3S/c1-10(2)15-17-13(16)8-14(18-15)19-9-12-7-5-4-6-11(12)3/h4-8,10H,9H2,1-3H3,(H2,16,17,18). The van der Waals surface area contributed by atoms with Gasteiger partial charge in [0.25, 0.3) is 0 Å². The maximum atomic E-state index is 5.83. The number of hydrogen-bond donors (Lipinski definition) is 1. The maximum Gasteiger partial charge on any atom is 0.134 e. The number of hydrogen-bond acceptors (Lipinski definition) is 4. The van der Waals surface area contributed by atoms with Gasteiger partial charge in [0.05, 0.1) is 0 Å².